The Balaban J connectivity index is 2.36. The molecular weight excluding hydrogens is 250 g/mol. The van der Waals surface area contributed by atoms with E-state index in [4.69, 9.17) is 9.47 Å². The van der Waals surface area contributed by atoms with Gasteiger partial charge in [0.05, 0.1) is 6.61 Å². The molecule has 1 atom stereocenters. The highest BCUT2D eigenvalue weighted by Gasteiger charge is 2.11. The van der Waals surface area contributed by atoms with E-state index < -0.39 is 0 Å². The summed E-state index contributed by atoms with van der Waals surface area (Å²) in [5.74, 6) is 0.939. The summed E-state index contributed by atoms with van der Waals surface area (Å²) in [6.07, 6.45) is 0.0431. The molecule has 0 bridgehead atoms. The SMILES string of the molecule is CCNCc1c(OC(C)COC)ccc2ccccc12. The van der Waals surface area contributed by atoms with Crippen LogP contribution >= 0.6 is 0 Å². The monoisotopic (exact) mass is 273 g/mol. The van der Waals surface area contributed by atoms with Crippen LogP contribution in [0.1, 0.15) is 19.4 Å². The first-order valence-corrected chi connectivity index (χ1v) is 7.13. The van der Waals surface area contributed by atoms with E-state index in [9.17, 15) is 0 Å². The van der Waals surface area contributed by atoms with Crippen LogP contribution in [0.3, 0.4) is 0 Å². The zero-order valence-electron chi connectivity index (χ0n) is 12.5. The summed E-state index contributed by atoms with van der Waals surface area (Å²) in [6.45, 7) is 6.48. The summed E-state index contributed by atoms with van der Waals surface area (Å²) in [7, 11) is 1.69. The molecule has 2 aromatic rings. The minimum Gasteiger partial charge on any atom is -0.488 e. The third-order valence-corrected chi connectivity index (χ3v) is 3.28. The molecular formula is C17H23NO2. The highest BCUT2D eigenvalue weighted by molar-refractivity contribution is 5.87. The molecule has 2 rings (SSSR count). The topological polar surface area (TPSA) is 30.5 Å². The van der Waals surface area contributed by atoms with E-state index in [2.05, 4.69) is 48.6 Å². The van der Waals surface area contributed by atoms with E-state index in [0.717, 1.165) is 18.8 Å². The van der Waals surface area contributed by atoms with Gasteiger partial charge in [-0.2, -0.15) is 0 Å². The summed E-state index contributed by atoms with van der Waals surface area (Å²) in [4.78, 5) is 0. The van der Waals surface area contributed by atoms with Crippen LogP contribution in [-0.2, 0) is 11.3 Å². The number of fused-ring (bicyclic) bond motifs is 1. The minimum absolute atomic E-state index is 0.0431. The molecule has 0 aromatic heterocycles. The van der Waals surface area contributed by atoms with Crippen LogP contribution in [0.4, 0.5) is 0 Å². The van der Waals surface area contributed by atoms with E-state index >= 15 is 0 Å². The van der Waals surface area contributed by atoms with Crippen molar-refractivity contribution in [2.24, 2.45) is 0 Å². The molecule has 0 fully saturated rings. The van der Waals surface area contributed by atoms with E-state index in [0.29, 0.717) is 6.61 Å². The van der Waals surface area contributed by atoms with Gasteiger partial charge in [0.1, 0.15) is 11.9 Å². The predicted molar refractivity (Wildman–Crippen MR) is 83.3 cm³/mol. The molecule has 1 unspecified atom stereocenters. The fraction of sp³-hybridized carbons (Fsp3) is 0.412. The van der Waals surface area contributed by atoms with Crippen molar-refractivity contribution >= 4 is 10.8 Å². The summed E-state index contributed by atoms with van der Waals surface area (Å²) in [5, 5.41) is 5.88. The Labute approximate surface area is 120 Å². The fourth-order valence-corrected chi connectivity index (χ4v) is 2.34. The Bertz CT molecular complexity index is 554. The smallest absolute Gasteiger partial charge is 0.124 e. The maximum atomic E-state index is 6.03. The number of rotatable bonds is 7. The highest BCUT2D eigenvalue weighted by atomic mass is 16.5. The van der Waals surface area contributed by atoms with Crippen molar-refractivity contribution in [3.8, 4) is 5.75 Å². The van der Waals surface area contributed by atoms with Crippen molar-refractivity contribution in [1.82, 2.24) is 5.32 Å². The van der Waals surface area contributed by atoms with Crippen LogP contribution in [0.5, 0.6) is 5.75 Å². The molecule has 1 N–H and O–H groups in total. The Morgan fingerprint density at radius 2 is 1.95 bits per heavy atom. The van der Waals surface area contributed by atoms with Crippen molar-refractivity contribution in [3.05, 3.63) is 42.0 Å². The molecule has 0 aliphatic carbocycles. The second-order valence-corrected chi connectivity index (χ2v) is 4.93. The molecule has 20 heavy (non-hydrogen) atoms. The van der Waals surface area contributed by atoms with Gasteiger partial charge in [0.15, 0.2) is 0 Å². The molecule has 0 aliphatic rings. The molecule has 0 spiro atoms. The van der Waals surface area contributed by atoms with Gasteiger partial charge in [0.2, 0.25) is 0 Å². The lowest BCUT2D eigenvalue weighted by Crippen LogP contribution is -2.20. The first kappa shape index (κ1) is 14.8. The van der Waals surface area contributed by atoms with Crippen LogP contribution in [0, 0.1) is 0 Å². The van der Waals surface area contributed by atoms with E-state index in [-0.39, 0.29) is 6.10 Å². The lowest BCUT2D eigenvalue weighted by Gasteiger charge is -2.18. The molecule has 108 valence electrons. The van der Waals surface area contributed by atoms with Crippen molar-refractivity contribution in [2.75, 3.05) is 20.3 Å². The van der Waals surface area contributed by atoms with Gasteiger partial charge in [-0.15, -0.1) is 0 Å². The Kier molecular flexibility index (Phi) is 5.39. The molecule has 0 aliphatic heterocycles. The number of hydrogen-bond donors (Lipinski definition) is 1. The lowest BCUT2D eigenvalue weighted by atomic mass is 10.0. The van der Waals surface area contributed by atoms with Crippen LogP contribution in [0.2, 0.25) is 0 Å². The summed E-state index contributed by atoms with van der Waals surface area (Å²) in [5.41, 5.74) is 1.22. The van der Waals surface area contributed by atoms with E-state index in [1.165, 1.54) is 16.3 Å². The Morgan fingerprint density at radius 1 is 1.15 bits per heavy atom. The van der Waals surface area contributed by atoms with E-state index in [1.807, 2.05) is 6.92 Å². The van der Waals surface area contributed by atoms with Gasteiger partial charge in [0, 0.05) is 19.2 Å². The van der Waals surface area contributed by atoms with Crippen LogP contribution in [0.25, 0.3) is 10.8 Å². The molecule has 2 aromatic carbocycles. The third-order valence-electron chi connectivity index (χ3n) is 3.28. The summed E-state index contributed by atoms with van der Waals surface area (Å²) < 4.78 is 11.2. The predicted octanol–water partition coefficient (Wildman–Crippen LogP) is 3.36. The number of ether oxygens (including phenoxy) is 2. The van der Waals surface area contributed by atoms with Crippen LogP contribution in [0.15, 0.2) is 36.4 Å². The highest BCUT2D eigenvalue weighted by Crippen LogP contribution is 2.28. The first-order chi connectivity index (χ1) is 9.76. The molecule has 0 amide bonds. The molecule has 0 heterocycles. The molecule has 3 heteroatoms. The van der Waals surface area contributed by atoms with Crippen molar-refractivity contribution in [1.29, 1.82) is 0 Å². The molecule has 3 nitrogen and oxygen atoms in total. The van der Waals surface area contributed by atoms with Gasteiger partial charge in [-0.25, -0.2) is 0 Å². The van der Waals surface area contributed by atoms with Crippen molar-refractivity contribution < 1.29 is 9.47 Å². The van der Waals surface area contributed by atoms with Gasteiger partial charge in [-0.1, -0.05) is 37.3 Å². The number of benzene rings is 2. The Morgan fingerprint density at radius 3 is 2.70 bits per heavy atom. The molecule has 0 saturated heterocycles. The minimum atomic E-state index is 0.0431. The largest absolute Gasteiger partial charge is 0.488 e. The van der Waals surface area contributed by atoms with Gasteiger partial charge >= 0.3 is 0 Å². The average molecular weight is 273 g/mol. The summed E-state index contributed by atoms with van der Waals surface area (Å²) in [6, 6.07) is 12.6. The second-order valence-electron chi connectivity index (χ2n) is 4.93. The molecule has 0 radical (unpaired) electrons. The van der Waals surface area contributed by atoms with E-state index in [1.54, 1.807) is 7.11 Å². The standard InChI is InChI=1S/C17H23NO2/c1-4-18-11-16-15-8-6-5-7-14(15)9-10-17(16)20-13(2)12-19-3/h5-10,13,18H,4,11-12H2,1-3H3. The third kappa shape index (κ3) is 3.50. The van der Waals surface area contributed by atoms with Crippen molar-refractivity contribution in [2.45, 2.75) is 26.5 Å². The normalized spacial score (nSPS) is 12.6. The Hall–Kier alpha value is -1.58. The van der Waals surface area contributed by atoms with Gasteiger partial charge in [0.25, 0.3) is 0 Å². The maximum Gasteiger partial charge on any atom is 0.124 e. The quantitative estimate of drug-likeness (QED) is 0.839. The van der Waals surface area contributed by atoms with Gasteiger partial charge < -0.3 is 14.8 Å². The van der Waals surface area contributed by atoms with Crippen LogP contribution in [-0.4, -0.2) is 26.4 Å². The molecule has 0 saturated carbocycles. The zero-order chi connectivity index (χ0) is 14.4. The van der Waals surface area contributed by atoms with Gasteiger partial charge in [-0.05, 0) is 30.3 Å². The van der Waals surface area contributed by atoms with Gasteiger partial charge in [-0.3, -0.25) is 0 Å². The lowest BCUT2D eigenvalue weighted by molar-refractivity contribution is 0.0914. The second kappa shape index (κ2) is 7.27. The summed E-state index contributed by atoms with van der Waals surface area (Å²) >= 11 is 0. The zero-order valence-corrected chi connectivity index (χ0v) is 12.5. The van der Waals surface area contributed by atoms with Crippen molar-refractivity contribution in [3.63, 3.8) is 0 Å². The first-order valence-electron chi connectivity index (χ1n) is 7.13. The number of methoxy groups -OCH3 is 1. The fourth-order valence-electron chi connectivity index (χ4n) is 2.34. The maximum absolute atomic E-state index is 6.03. The van der Waals surface area contributed by atoms with Crippen LogP contribution < -0.4 is 10.1 Å². The number of nitrogens with one attached hydrogen (secondary N) is 1. The average Bonchev–Trinajstić information content (AvgIpc) is 2.46. The number of hydrogen-bond acceptors (Lipinski definition) is 3.